The quantitative estimate of drug-likeness (QED) is 0.750. The van der Waals surface area contributed by atoms with Crippen LogP contribution >= 0.6 is 23.2 Å². The molecule has 0 aromatic carbocycles. The molecule has 0 aliphatic carbocycles. The van der Waals surface area contributed by atoms with Gasteiger partial charge < -0.3 is 10.1 Å². The molecule has 0 bridgehead atoms. The van der Waals surface area contributed by atoms with Gasteiger partial charge >= 0.3 is 0 Å². The molecule has 3 nitrogen and oxygen atoms in total. The Balaban J connectivity index is 2.52. The third-order valence-electron chi connectivity index (χ3n) is 2.37. The van der Waals surface area contributed by atoms with E-state index in [-0.39, 0.29) is 0 Å². The minimum atomic E-state index is 0.442. The van der Waals surface area contributed by atoms with E-state index in [1.807, 2.05) is 0 Å². The molecular weight excluding hydrogens is 259 g/mol. The number of aromatic nitrogens is 1. The zero-order chi connectivity index (χ0) is 12.7. The molecule has 1 rings (SSSR count). The zero-order valence-electron chi connectivity index (χ0n) is 10.2. The Bertz CT molecular complexity index is 359. The number of rotatable bonds is 7. The third kappa shape index (κ3) is 4.60. The van der Waals surface area contributed by atoms with Crippen LogP contribution in [0.4, 0.5) is 5.82 Å². The molecular formula is C12H18Cl2N2O. The van der Waals surface area contributed by atoms with Crippen LogP contribution in [-0.2, 0) is 0 Å². The van der Waals surface area contributed by atoms with Gasteiger partial charge in [0.1, 0.15) is 10.8 Å². The second-order valence-electron chi connectivity index (χ2n) is 3.76. The number of ether oxygens (including phenoxy) is 1. The van der Waals surface area contributed by atoms with Crippen molar-refractivity contribution in [2.24, 2.45) is 0 Å². The average Bonchev–Trinajstić information content (AvgIpc) is 2.31. The van der Waals surface area contributed by atoms with Gasteiger partial charge in [-0.1, -0.05) is 49.4 Å². The number of anilines is 1. The lowest BCUT2D eigenvalue weighted by atomic mass is 10.2. The largest absolute Gasteiger partial charge is 0.477 e. The van der Waals surface area contributed by atoms with Crippen LogP contribution in [0.2, 0.25) is 10.0 Å². The van der Waals surface area contributed by atoms with Crippen molar-refractivity contribution in [1.29, 1.82) is 0 Å². The predicted molar refractivity (Wildman–Crippen MR) is 73.4 cm³/mol. The molecule has 0 amide bonds. The highest BCUT2D eigenvalue weighted by Crippen LogP contribution is 2.30. The first-order chi connectivity index (χ1) is 8.19. The SMILES string of the molecule is CCCCCCOc1nc(NC)c(Cl)cc1Cl. The van der Waals surface area contributed by atoms with Crippen LogP contribution in [0.3, 0.4) is 0 Å². The molecule has 1 aromatic rings. The summed E-state index contributed by atoms with van der Waals surface area (Å²) in [4.78, 5) is 4.21. The van der Waals surface area contributed by atoms with Gasteiger partial charge in [0, 0.05) is 7.05 Å². The van der Waals surface area contributed by atoms with E-state index in [0.717, 1.165) is 6.42 Å². The predicted octanol–water partition coefficient (Wildman–Crippen LogP) is 4.39. The monoisotopic (exact) mass is 276 g/mol. The maximum absolute atomic E-state index is 6.00. The molecule has 5 heteroatoms. The van der Waals surface area contributed by atoms with Crippen molar-refractivity contribution in [2.45, 2.75) is 32.6 Å². The Hall–Kier alpha value is -0.670. The van der Waals surface area contributed by atoms with Crippen LogP contribution in [-0.4, -0.2) is 18.6 Å². The maximum Gasteiger partial charge on any atom is 0.234 e. The first-order valence-corrected chi connectivity index (χ1v) is 6.61. The Morgan fingerprint density at radius 1 is 1.24 bits per heavy atom. The average molecular weight is 277 g/mol. The molecule has 0 radical (unpaired) electrons. The normalized spacial score (nSPS) is 10.4. The summed E-state index contributed by atoms with van der Waals surface area (Å²) in [6.45, 7) is 2.81. The first kappa shape index (κ1) is 14.4. The van der Waals surface area contributed by atoms with Gasteiger partial charge in [0.15, 0.2) is 0 Å². The van der Waals surface area contributed by atoms with Crippen molar-refractivity contribution in [1.82, 2.24) is 4.98 Å². The van der Waals surface area contributed by atoms with E-state index in [4.69, 9.17) is 27.9 Å². The van der Waals surface area contributed by atoms with Crippen molar-refractivity contribution < 1.29 is 4.74 Å². The standard InChI is InChI=1S/C12H18Cl2N2O/c1-3-4-5-6-7-17-12-10(14)8-9(13)11(15-2)16-12/h8H,3-7H2,1-2H3,(H,15,16). The summed E-state index contributed by atoms with van der Waals surface area (Å²) in [5, 5.41) is 3.84. The van der Waals surface area contributed by atoms with Gasteiger partial charge in [-0.3, -0.25) is 0 Å². The Labute approximate surface area is 112 Å². The molecule has 17 heavy (non-hydrogen) atoms. The molecule has 0 saturated heterocycles. The van der Waals surface area contributed by atoms with Crippen molar-refractivity contribution in [3.05, 3.63) is 16.1 Å². The Morgan fingerprint density at radius 2 is 2.00 bits per heavy atom. The van der Waals surface area contributed by atoms with Crippen LogP contribution in [0.25, 0.3) is 0 Å². The molecule has 1 heterocycles. The van der Waals surface area contributed by atoms with Gasteiger partial charge in [0.05, 0.1) is 11.6 Å². The fourth-order valence-electron chi connectivity index (χ4n) is 1.42. The Morgan fingerprint density at radius 3 is 2.65 bits per heavy atom. The first-order valence-electron chi connectivity index (χ1n) is 5.85. The van der Waals surface area contributed by atoms with Gasteiger partial charge in [0.2, 0.25) is 5.88 Å². The van der Waals surface area contributed by atoms with E-state index in [1.54, 1.807) is 13.1 Å². The van der Waals surface area contributed by atoms with Crippen molar-refractivity contribution in [3.8, 4) is 5.88 Å². The van der Waals surface area contributed by atoms with Gasteiger partial charge in [-0.05, 0) is 12.5 Å². The number of hydrogen-bond acceptors (Lipinski definition) is 3. The lowest BCUT2D eigenvalue weighted by molar-refractivity contribution is 0.294. The maximum atomic E-state index is 6.00. The summed E-state index contributed by atoms with van der Waals surface area (Å²) >= 11 is 11.9. The number of halogens is 2. The number of hydrogen-bond donors (Lipinski definition) is 1. The number of unbranched alkanes of at least 4 members (excludes halogenated alkanes) is 3. The second-order valence-corrected chi connectivity index (χ2v) is 4.58. The van der Waals surface area contributed by atoms with E-state index in [0.29, 0.717) is 28.3 Å². The summed E-state index contributed by atoms with van der Waals surface area (Å²) in [7, 11) is 1.76. The molecule has 0 atom stereocenters. The lowest BCUT2D eigenvalue weighted by Crippen LogP contribution is -2.02. The minimum absolute atomic E-state index is 0.442. The molecule has 1 N–H and O–H groups in total. The molecule has 0 unspecified atom stereocenters. The van der Waals surface area contributed by atoms with E-state index in [9.17, 15) is 0 Å². The molecule has 0 saturated carbocycles. The summed E-state index contributed by atoms with van der Waals surface area (Å²) in [6.07, 6.45) is 4.63. The van der Waals surface area contributed by atoms with Crippen molar-refractivity contribution in [3.63, 3.8) is 0 Å². The van der Waals surface area contributed by atoms with Crippen molar-refractivity contribution >= 4 is 29.0 Å². The van der Waals surface area contributed by atoms with E-state index in [1.165, 1.54) is 19.3 Å². The van der Waals surface area contributed by atoms with Crippen LogP contribution in [0, 0.1) is 0 Å². The minimum Gasteiger partial charge on any atom is -0.477 e. The van der Waals surface area contributed by atoms with Crippen LogP contribution < -0.4 is 10.1 Å². The summed E-state index contributed by atoms with van der Waals surface area (Å²) < 4.78 is 5.54. The zero-order valence-corrected chi connectivity index (χ0v) is 11.7. The summed E-state index contributed by atoms with van der Waals surface area (Å²) in [6, 6.07) is 1.64. The number of nitrogens with one attached hydrogen (secondary N) is 1. The van der Waals surface area contributed by atoms with Crippen LogP contribution in [0.15, 0.2) is 6.07 Å². The van der Waals surface area contributed by atoms with E-state index >= 15 is 0 Å². The lowest BCUT2D eigenvalue weighted by Gasteiger charge is -2.09. The van der Waals surface area contributed by atoms with E-state index < -0.39 is 0 Å². The van der Waals surface area contributed by atoms with Crippen molar-refractivity contribution in [2.75, 3.05) is 19.0 Å². The third-order valence-corrected chi connectivity index (χ3v) is 2.93. The highest BCUT2D eigenvalue weighted by Gasteiger charge is 2.09. The molecule has 0 aliphatic heterocycles. The smallest absolute Gasteiger partial charge is 0.234 e. The van der Waals surface area contributed by atoms with Gasteiger partial charge in [0.25, 0.3) is 0 Å². The molecule has 0 spiro atoms. The summed E-state index contributed by atoms with van der Waals surface area (Å²) in [5.41, 5.74) is 0. The topological polar surface area (TPSA) is 34.1 Å². The fraction of sp³-hybridized carbons (Fsp3) is 0.583. The Kier molecular flexibility index (Phi) is 6.45. The number of pyridine rings is 1. The van der Waals surface area contributed by atoms with Gasteiger partial charge in [-0.2, -0.15) is 4.98 Å². The number of nitrogens with zero attached hydrogens (tertiary/aromatic N) is 1. The fourth-order valence-corrected chi connectivity index (χ4v) is 1.93. The highest BCUT2D eigenvalue weighted by molar-refractivity contribution is 6.36. The van der Waals surface area contributed by atoms with Gasteiger partial charge in [-0.15, -0.1) is 0 Å². The second kappa shape index (κ2) is 7.62. The molecule has 1 aromatic heterocycles. The molecule has 0 aliphatic rings. The highest BCUT2D eigenvalue weighted by atomic mass is 35.5. The van der Waals surface area contributed by atoms with Crippen LogP contribution in [0.5, 0.6) is 5.88 Å². The van der Waals surface area contributed by atoms with E-state index in [2.05, 4.69) is 17.2 Å². The van der Waals surface area contributed by atoms with Crippen LogP contribution in [0.1, 0.15) is 32.6 Å². The molecule has 96 valence electrons. The van der Waals surface area contributed by atoms with Gasteiger partial charge in [-0.25, -0.2) is 0 Å². The molecule has 0 fully saturated rings. The summed E-state index contributed by atoms with van der Waals surface area (Å²) in [5.74, 6) is 1.02.